The highest BCUT2D eigenvalue weighted by atomic mass is 79.9. The maximum Gasteiger partial charge on any atom is 0.105 e. The summed E-state index contributed by atoms with van der Waals surface area (Å²) in [4.78, 5) is 2.19. The van der Waals surface area contributed by atoms with Gasteiger partial charge in [-0.3, -0.25) is 0 Å². The molecule has 3 nitrogen and oxygen atoms in total. The van der Waals surface area contributed by atoms with Crippen molar-refractivity contribution < 1.29 is 4.42 Å². The van der Waals surface area contributed by atoms with Gasteiger partial charge in [-0.2, -0.15) is 0 Å². The van der Waals surface area contributed by atoms with Crippen LogP contribution in [0.2, 0.25) is 0 Å². The van der Waals surface area contributed by atoms with Crippen LogP contribution in [0.15, 0.2) is 39.4 Å². The molecule has 0 bridgehead atoms. The number of furan rings is 1. The monoisotopic (exact) mass is 308 g/mol. The van der Waals surface area contributed by atoms with Crippen LogP contribution >= 0.6 is 15.9 Å². The molecule has 0 unspecified atom stereocenters. The molecule has 1 aromatic heterocycles. The molecule has 0 radical (unpaired) electrons. The number of halogens is 1. The van der Waals surface area contributed by atoms with E-state index in [1.54, 1.807) is 6.26 Å². The van der Waals surface area contributed by atoms with Crippen molar-refractivity contribution in [3.05, 3.63) is 51.9 Å². The molecule has 0 spiro atoms. The van der Waals surface area contributed by atoms with Crippen LogP contribution in [0, 0.1) is 6.92 Å². The van der Waals surface area contributed by atoms with Crippen molar-refractivity contribution in [1.82, 2.24) is 0 Å². The van der Waals surface area contributed by atoms with Crippen molar-refractivity contribution in [1.29, 1.82) is 0 Å². The highest BCUT2D eigenvalue weighted by Crippen LogP contribution is 2.25. The largest absolute Gasteiger partial charge is 0.469 e. The average molecular weight is 309 g/mol. The summed E-state index contributed by atoms with van der Waals surface area (Å²) < 4.78 is 6.37. The van der Waals surface area contributed by atoms with E-state index in [1.807, 2.05) is 19.1 Å². The number of anilines is 1. The lowest BCUT2D eigenvalue weighted by Crippen LogP contribution is -2.19. The number of nitrogens with zero attached hydrogens (tertiary/aromatic N) is 1. The first-order valence-corrected chi connectivity index (χ1v) is 6.63. The van der Waals surface area contributed by atoms with Crippen molar-refractivity contribution in [3.63, 3.8) is 0 Å². The third-order valence-electron chi connectivity index (χ3n) is 3.05. The van der Waals surface area contributed by atoms with E-state index in [9.17, 15) is 0 Å². The predicted octanol–water partition coefficient (Wildman–Crippen LogP) is 3.45. The average Bonchev–Trinajstić information content (AvgIpc) is 2.74. The maximum atomic E-state index is 5.79. The van der Waals surface area contributed by atoms with Gasteiger partial charge in [0.2, 0.25) is 0 Å². The number of benzene rings is 1. The summed E-state index contributed by atoms with van der Waals surface area (Å²) >= 11 is 3.47. The molecule has 0 aliphatic rings. The van der Waals surface area contributed by atoms with Crippen LogP contribution < -0.4 is 10.6 Å². The Hall–Kier alpha value is -1.26. The van der Waals surface area contributed by atoms with Gasteiger partial charge in [0.15, 0.2) is 0 Å². The van der Waals surface area contributed by atoms with Crippen LogP contribution in [0.4, 0.5) is 5.69 Å². The molecule has 2 N–H and O–H groups in total. The molecule has 2 rings (SSSR count). The Labute approximate surface area is 116 Å². The van der Waals surface area contributed by atoms with Crippen molar-refractivity contribution in [2.24, 2.45) is 5.73 Å². The summed E-state index contributed by atoms with van der Waals surface area (Å²) in [5.41, 5.74) is 9.28. The third-order valence-corrected chi connectivity index (χ3v) is 3.54. The van der Waals surface area contributed by atoms with E-state index < -0.39 is 0 Å². The molecular weight excluding hydrogens is 292 g/mol. The Morgan fingerprint density at radius 2 is 2.06 bits per heavy atom. The highest BCUT2D eigenvalue weighted by Gasteiger charge is 2.10. The normalized spacial score (nSPS) is 10.7. The molecule has 0 atom stereocenters. The molecule has 0 aliphatic heterocycles. The lowest BCUT2D eigenvalue weighted by atomic mass is 10.1. The first-order chi connectivity index (χ1) is 8.61. The first kappa shape index (κ1) is 13.2. The Bertz CT molecular complexity index is 536. The molecule has 1 heterocycles. The molecule has 4 heteroatoms. The second kappa shape index (κ2) is 5.59. The minimum Gasteiger partial charge on any atom is -0.469 e. The fourth-order valence-electron chi connectivity index (χ4n) is 2.01. The van der Waals surface area contributed by atoms with E-state index in [2.05, 4.69) is 40.0 Å². The molecular formula is C14H17BrN2O. The first-order valence-electron chi connectivity index (χ1n) is 5.84. The fourth-order valence-corrected chi connectivity index (χ4v) is 2.41. The van der Waals surface area contributed by atoms with Crippen molar-refractivity contribution in [2.45, 2.75) is 20.0 Å². The summed E-state index contributed by atoms with van der Waals surface area (Å²) in [6.45, 7) is 3.33. The Morgan fingerprint density at radius 3 is 2.67 bits per heavy atom. The zero-order valence-electron chi connectivity index (χ0n) is 10.6. The summed E-state index contributed by atoms with van der Waals surface area (Å²) in [5.74, 6) is 0.966. The number of aryl methyl sites for hydroxylation is 1. The topological polar surface area (TPSA) is 42.4 Å². The smallest absolute Gasteiger partial charge is 0.105 e. The molecule has 2 aromatic rings. The van der Waals surface area contributed by atoms with Gasteiger partial charge in [0.05, 0.1) is 6.26 Å². The van der Waals surface area contributed by atoms with E-state index in [0.29, 0.717) is 6.54 Å². The van der Waals surface area contributed by atoms with Crippen LogP contribution in [0.5, 0.6) is 0 Å². The molecule has 96 valence electrons. The summed E-state index contributed by atoms with van der Waals surface area (Å²) in [6.07, 6.45) is 1.73. The molecule has 1 aromatic carbocycles. The Morgan fingerprint density at radius 1 is 1.28 bits per heavy atom. The summed E-state index contributed by atoms with van der Waals surface area (Å²) in [6, 6.07) is 8.19. The predicted molar refractivity (Wildman–Crippen MR) is 77.6 cm³/mol. The molecule has 0 saturated heterocycles. The van der Waals surface area contributed by atoms with Crippen LogP contribution in [0.1, 0.15) is 16.9 Å². The summed E-state index contributed by atoms with van der Waals surface area (Å²) in [7, 11) is 2.06. The lowest BCUT2D eigenvalue weighted by molar-refractivity contribution is 0.529. The minimum absolute atomic E-state index is 0.531. The second-order valence-corrected chi connectivity index (χ2v) is 5.25. The number of hydrogen-bond acceptors (Lipinski definition) is 3. The maximum absolute atomic E-state index is 5.79. The Kier molecular flexibility index (Phi) is 4.09. The third kappa shape index (κ3) is 2.76. The van der Waals surface area contributed by atoms with Gasteiger partial charge in [-0.1, -0.05) is 15.9 Å². The van der Waals surface area contributed by atoms with E-state index in [1.165, 1.54) is 5.56 Å². The van der Waals surface area contributed by atoms with Crippen LogP contribution in [0.25, 0.3) is 0 Å². The molecule has 0 saturated carbocycles. The van der Waals surface area contributed by atoms with Gasteiger partial charge in [0, 0.05) is 35.9 Å². The van der Waals surface area contributed by atoms with Crippen LogP contribution in [0.3, 0.4) is 0 Å². The number of nitrogens with two attached hydrogens (primary N) is 1. The number of rotatable bonds is 4. The van der Waals surface area contributed by atoms with E-state index in [4.69, 9.17) is 10.2 Å². The van der Waals surface area contributed by atoms with Crippen LogP contribution in [-0.4, -0.2) is 7.05 Å². The molecule has 0 fully saturated rings. The van der Waals surface area contributed by atoms with Crippen molar-refractivity contribution >= 4 is 21.6 Å². The highest BCUT2D eigenvalue weighted by molar-refractivity contribution is 9.10. The second-order valence-electron chi connectivity index (χ2n) is 4.34. The lowest BCUT2D eigenvalue weighted by Gasteiger charge is -2.22. The van der Waals surface area contributed by atoms with E-state index >= 15 is 0 Å². The van der Waals surface area contributed by atoms with E-state index in [-0.39, 0.29) is 0 Å². The van der Waals surface area contributed by atoms with Gasteiger partial charge in [-0.25, -0.2) is 0 Å². The quantitative estimate of drug-likeness (QED) is 0.940. The van der Waals surface area contributed by atoms with Gasteiger partial charge in [0.1, 0.15) is 5.76 Å². The summed E-state index contributed by atoms with van der Waals surface area (Å²) in [5, 5.41) is 0. The number of hydrogen-bond donors (Lipinski definition) is 1. The van der Waals surface area contributed by atoms with Gasteiger partial charge in [-0.15, -0.1) is 0 Å². The zero-order valence-corrected chi connectivity index (χ0v) is 12.2. The van der Waals surface area contributed by atoms with E-state index in [0.717, 1.165) is 28.0 Å². The SMILES string of the molecule is Cc1occc1CN(C)c1ccc(Br)cc1CN. The van der Waals surface area contributed by atoms with Gasteiger partial charge in [-0.05, 0) is 36.8 Å². The molecule has 18 heavy (non-hydrogen) atoms. The minimum atomic E-state index is 0.531. The van der Waals surface area contributed by atoms with Crippen molar-refractivity contribution in [3.8, 4) is 0 Å². The van der Waals surface area contributed by atoms with Gasteiger partial charge in [0.25, 0.3) is 0 Å². The molecule has 0 amide bonds. The van der Waals surface area contributed by atoms with Crippen molar-refractivity contribution in [2.75, 3.05) is 11.9 Å². The fraction of sp³-hybridized carbons (Fsp3) is 0.286. The Balaban J connectivity index is 2.23. The van der Waals surface area contributed by atoms with Crippen LogP contribution in [-0.2, 0) is 13.1 Å². The van der Waals surface area contributed by atoms with Gasteiger partial charge < -0.3 is 15.1 Å². The zero-order chi connectivity index (χ0) is 13.1. The standard InChI is InChI=1S/C14H17BrN2O/c1-10-11(5-6-18-10)9-17(2)14-4-3-13(15)7-12(14)8-16/h3-7H,8-9,16H2,1-2H3. The van der Waals surface area contributed by atoms with Gasteiger partial charge >= 0.3 is 0 Å². The molecule has 0 aliphatic carbocycles.